The monoisotopic (exact) mass is 1360 g/mol. The second-order valence-electron chi connectivity index (χ2n) is 24.7. The van der Waals surface area contributed by atoms with Gasteiger partial charge in [0, 0.05) is 66.6 Å². The molecule has 16 atom stereocenters. The average molecular weight is 1360 g/mol. The molecule has 2 fully saturated rings. The molecule has 6 amide bonds. The zero-order chi connectivity index (χ0) is 68.3. The molecule has 29 heteroatoms. The first kappa shape index (κ1) is 76.3. The van der Waals surface area contributed by atoms with Crippen LogP contribution in [0.2, 0.25) is 0 Å². The summed E-state index contributed by atoms with van der Waals surface area (Å²) >= 11 is 3.12. The Labute approximate surface area is 546 Å². The second-order valence-corrected chi connectivity index (χ2v) is 25.2. The number of aryl methyl sites for hydroxylation is 1. The summed E-state index contributed by atoms with van der Waals surface area (Å²) in [5.41, 5.74) is 0.344. The molecule has 92 heavy (non-hydrogen) atoms. The minimum absolute atomic E-state index is 0.0614. The second kappa shape index (κ2) is 36.3. The van der Waals surface area contributed by atoms with Crippen LogP contribution in [0.15, 0.2) is 54.7 Å². The van der Waals surface area contributed by atoms with Crippen molar-refractivity contribution in [1.82, 2.24) is 45.6 Å². The molecule has 2 aliphatic rings. The molecule has 3 aromatic rings. The van der Waals surface area contributed by atoms with Gasteiger partial charge in [0.15, 0.2) is 5.75 Å². The Morgan fingerprint density at radius 3 is 2.18 bits per heavy atom. The summed E-state index contributed by atoms with van der Waals surface area (Å²) in [5.74, 6) is -4.42. The Balaban J connectivity index is 1.35. The van der Waals surface area contributed by atoms with Gasteiger partial charge in [-0.25, -0.2) is 4.79 Å². The number of benzene rings is 2. The molecule has 2 saturated heterocycles. The molecule has 8 N–H and O–H groups in total. The highest BCUT2D eigenvalue weighted by molar-refractivity contribution is 9.09. The predicted molar refractivity (Wildman–Crippen MR) is 339 cm³/mol. The molecule has 2 aliphatic heterocycles. The van der Waals surface area contributed by atoms with Crippen LogP contribution >= 0.6 is 15.9 Å². The predicted octanol–water partition coefficient (Wildman–Crippen LogP) is 3.72. The number of amides is 6. The zero-order valence-electron chi connectivity index (χ0n) is 54.8. The number of ether oxygens (including phenoxy) is 5. The molecular weight excluding hydrogens is 1260 g/mol. The Hall–Kier alpha value is -6.44. The lowest BCUT2D eigenvalue weighted by Crippen LogP contribution is -2.60. The minimum atomic E-state index is -1.89. The highest BCUT2D eigenvalue weighted by atomic mass is 79.9. The van der Waals surface area contributed by atoms with E-state index in [4.69, 9.17) is 23.7 Å². The summed E-state index contributed by atoms with van der Waals surface area (Å²) in [6.45, 7) is 14.8. The lowest BCUT2D eigenvalue weighted by Gasteiger charge is -2.41. The highest BCUT2D eigenvalue weighted by Gasteiger charge is 2.47. The van der Waals surface area contributed by atoms with Crippen molar-refractivity contribution in [3.63, 3.8) is 0 Å². The third kappa shape index (κ3) is 20.0. The van der Waals surface area contributed by atoms with E-state index in [-0.39, 0.29) is 47.4 Å². The fourth-order valence-corrected chi connectivity index (χ4v) is 12.2. The molecule has 0 saturated carbocycles. The van der Waals surface area contributed by atoms with Crippen molar-refractivity contribution in [3.8, 4) is 5.75 Å². The van der Waals surface area contributed by atoms with Gasteiger partial charge in [-0.1, -0.05) is 112 Å². The van der Waals surface area contributed by atoms with Crippen molar-refractivity contribution >= 4 is 57.2 Å². The fraction of sp³-hybridized carbons (Fsp3) is 0.683. The van der Waals surface area contributed by atoms with E-state index in [1.54, 1.807) is 88.6 Å². The zero-order valence-corrected chi connectivity index (χ0v) is 56.4. The number of halogens is 1. The number of hydrogen-bond acceptors (Lipinski definition) is 20. The van der Waals surface area contributed by atoms with Crippen molar-refractivity contribution in [2.45, 2.75) is 199 Å². The Morgan fingerprint density at radius 1 is 0.880 bits per heavy atom. The lowest BCUT2D eigenvalue weighted by atomic mass is 9.89. The summed E-state index contributed by atoms with van der Waals surface area (Å²) in [7, 11) is 5.92. The largest absolute Gasteiger partial charge is 0.455 e. The third-order valence-electron chi connectivity index (χ3n) is 17.5. The summed E-state index contributed by atoms with van der Waals surface area (Å²) in [6.07, 6.45) is -8.24. The van der Waals surface area contributed by atoms with Gasteiger partial charge in [0.2, 0.25) is 35.8 Å². The van der Waals surface area contributed by atoms with Crippen LogP contribution < -0.4 is 20.7 Å². The van der Waals surface area contributed by atoms with Crippen molar-refractivity contribution in [2.75, 3.05) is 53.3 Å². The number of likely N-dealkylation sites (N-methyl/N-ethyl adjacent to an activating group) is 2. The van der Waals surface area contributed by atoms with E-state index < -0.39 is 144 Å². The molecule has 3 heterocycles. The quantitative estimate of drug-likeness (QED) is 0.0180. The van der Waals surface area contributed by atoms with Crippen molar-refractivity contribution in [2.24, 2.45) is 23.7 Å². The van der Waals surface area contributed by atoms with Crippen LogP contribution in [0.25, 0.3) is 0 Å². The maximum atomic E-state index is 15.0. The number of unbranched alkanes of at least 4 members (excludes halogenated alkanes) is 2. The minimum Gasteiger partial charge on any atom is -0.455 e. The van der Waals surface area contributed by atoms with Crippen molar-refractivity contribution in [3.05, 3.63) is 81.7 Å². The Bertz CT molecular complexity index is 2870. The van der Waals surface area contributed by atoms with E-state index in [0.29, 0.717) is 63.0 Å². The number of nitro benzene ring substituents is 1. The first-order chi connectivity index (χ1) is 43.6. The number of hydrogen-bond donors (Lipinski definition) is 8. The van der Waals surface area contributed by atoms with Crippen LogP contribution in [-0.2, 0) is 55.9 Å². The van der Waals surface area contributed by atoms with Gasteiger partial charge >= 0.3 is 11.8 Å². The first-order valence-corrected chi connectivity index (χ1v) is 32.6. The first-order valence-electron chi connectivity index (χ1n) is 31.5. The number of methoxy groups -OCH3 is 2. The SMILES string of the molecule is CC[C@H](C)[C@@H]([C@@H](CC(=O)N1CCC[C@H]1[C@H](OC)[C@@H](C)C(=O)N[C@H](C)[C@@H](O)c1ccccc1)OC)N(C)C(=O)[C@@H](NC(=O)[C@H](C(C)C)N(C)C(=O)OC(Cc1cn(CCCCCNC(=O)CBr)nn1)c1ccc(OC2O[C@H](CO)[C@H](O)[C@H](O)[C@H]2O)c([N+](=O)[O-])c1)C(C)C. The van der Waals surface area contributed by atoms with Crippen LogP contribution in [0.4, 0.5) is 10.5 Å². The number of alkyl halides is 1. The summed E-state index contributed by atoms with van der Waals surface area (Å²) in [6, 6.07) is 8.39. The van der Waals surface area contributed by atoms with Crippen LogP contribution in [0, 0.1) is 33.8 Å². The van der Waals surface area contributed by atoms with Crippen LogP contribution in [0.5, 0.6) is 5.75 Å². The van der Waals surface area contributed by atoms with Gasteiger partial charge in [-0.2, -0.15) is 0 Å². The van der Waals surface area contributed by atoms with Gasteiger partial charge in [-0.05, 0) is 74.0 Å². The Morgan fingerprint density at radius 2 is 1.58 bits per heavy atom. The standard InChI is InChI=1S/C63H97BrN10O18/c1-13-37(6)53(47(88-11)31-50(77)73-28-20-23-43(73)58(89-12)38(7)59(82)66-39(8)54(78)40-21-16-14-17-22-40)70(9)61(84)51(35(2)3)67-60(83)52(36(4)5)71(10)63(85)92-46(30-42-33-72(69-68-42)27-19-15-18-26-65-49(76)32-64)41-24-25-45(44(29-41)74(86)87)90-62-57(81)56(80)55(79)48(34-75)91-62/h14,16-17,21-22,24-25,29,33,35-39,43,46-48,51-58,62,75,78-81H,13,15,18-20,23,26-28,30-32,34H2,1-12H3,(H,65,76)(H,66,82)(H,67,83)/t37-,38+,39+,43-,46?,47+,48+,51-,52-,53-,54+,55-,56-,57+,58+,62?/m0/s1. The van der Waals surface area contributed by atoms with E-state index in [1.165, 1.54) is 32.2 Å². The highest BCUT2D eigenvalue weighted by Crippen LogP contribution is 2.36. The van der Waals surface area contributed by atoms with Crippen molar-refractivity contribution in [1.29, 1.82) is 0 Å². The number of aliphatic hydroxyl groups excluding tert-OH is 5. The molecule has 0 aliphatic carbocycles. The third-order valence-corrected chi connectivity index (χ3v) is 18.0. The van der Waals surface area contributed by atoms with Gasteiger partial charge in [0.05, 0.1) is 71.3 Å². The molecule has 2 unspecified atom stereocenters. The van der Waals surface area contributed by atoms with Crippen LogP contribution in [0.3, 0.4) is 0 Å². The average Bonchev–Trinajstić information content (AvgIpc) is 1.16. The number of nitrogens with one attached hydrogen (secondary N) is 3. The summed E-state index contributed by atoms with van der Waals surface area (Å²) < 4.78 is 31.0. The molecule has 1 aromatic heterocycles. The Kier molecular flexibility index (Phi) is 30.1. The maximum Gasteiger partial charge on any atom is 0.410 e. The van der Waals surface area contributed by atoms with E-state index in [2.05, 4.69) is 42.2 Å². The number of likely N-dealkylation sites (tertiary alicyclic amines) is 1. The van der Waals surface area contributed by atoms with Crippen molar-refractivity contribution < 1.29 is 82.9 Å². The lowest BCUT2D eigenvalue weighted by molar-refractivity contribution is -0.387. The number of carbonyl (C=O) groups excluding carboxylic acids is 6. The molecule has 5 rings (SSSR count). The molecular formula is C63H97BrN10O18. The van der Waals surface area contributed by atoms with Gasteiger partial charge in [-0.3, -0.25) is 43.7 Å². The summed E-state index contributed by atoms with van der Waals surface area (Å²) in [4.78, 5) is 100. The van der Waals surface area contributed by atoms with Gasteiger partial charge in [0.25, 0.3) is 0 Å². The number of rotatable bonds is 35. The maximum absolute atomic E-state index is 15.0. The van der Waals surface area contributed by atoms with Gasteiger partial charge in [-0.15, -0.1) is 5.10 Å². The normalized spacial score (nSPS) is 21.6. The van der Waals surface area contributed by atoms with Crippen LogP contribution in [-0.4, -0.2) is 222 Å². The fourth-order valence-electron chi connectivity index (χ4n) is 12.0. The smallest absolute Gasteiger partial charge is 0.410 e. The number of nitro groups is 1. The van der Waals surface area contributed by atoms with E-state index in [0.717, 1.165) is 23.5 Å². The molecule has 0 spiro atoms. The summed E-state index contributed by atoms with van der Waals surface area (Å²) in [5, 5.41) is 82.2. The van der Waals surface area contributed by atoms with Gasteiger partial charge < -0.3 is 75.0 Å². The number of carbonyl (C=O) groups is 6. The van der Waals surface area contributed by atoms with E-state index >= 15 is 4.79 Å². The van der Waals surface area contributed by atoms with Crippen LogP contribution in [0.1, 0.15) is 129 Å². The molecule has 2 aromatic carbocycles. The molecule has 0 radical (unpaired) electrons. The topological polar surface area (TPSA) is 369 Å². The number of aliphatic hydroxyl groups is 5. The number of nitrogens with zero attached hydrogens (tertiary/aromatic N) is 7. The van der Waals surface area contributed by atoms with E-state index in [1.807, 2.05) is 19.9 Å². The molecule has 514 valence electrons. The molecule has 28 nitrogen and oxygen atoms in total. The van der Waals surface area contributed by atoms with Gasteiger partial charge in [0.1, 0.15) is 42.6 Å². The van der Waals surface area contributed by atoms with E-state index in [9.17, 15) is 59.6 Å². The molecule has 0 bridgehead atoms. The number of aromatic nitrogens is 3.